The van der Waals surface area contributed by atoms with Crippen molar-refractivity contribution < 1.29 is 14.8 Å². The quantitative estimate of drug-likeness (QED) is 0.633. The van der Waals surface area contributed by atoms with Crippen molar-refractivity contribution in [2.24, 2.45) is 0 Å². The summed E-state index contributed by atoms with van der Waals surface area (Å²) in [6.45, 7) is 1.46. The van der Waals surface area contributed by atoms with Crippen LogP contribution in [-0.2, 0) is 11.2 Å². The molecule has 0 spiro atoms. The molecule has 0 fully saturated rings. The molecule has 1 amide bonds. The van der Waals surface area contributed by atoms with Gasteiger partial charge in [-0.1, -0.05) is 30.3 Å². The average Bonchev–Trinajstić information content (AvgIpc) is 2.54. The van der Waals surface area contributed by atoms with Crippen LogP contribution in [0.1, 0.15) is 18.9 Å². The predicted molar refractivity (Wildman–Crippen MR) is 87.1 cm³/mol. The zero-order valence-electron chi connectivity index (χ0n) is 12.7. The Morgan fingerprint density at radius 1 is 1.17 bits per heavy atom. The normalized spacial score (nSPS) is 13.1. The lowest BCUT2D eigenvalue weighted by atomic mass is 9.95. The van der Waals surface area contributed by atoms with Crippen LogP contribution in [0.3, 0.4) is 0 Å². The number of rotatable bonds is 6. The van der Waals surface area contributed by atoms with E-state index in [1.807, 2.05) is 6.07 Å². The minimum Gasteiger partial charge on any atom is -0.380 e. The molecule has 0 bridgehead atoms. The Labute approximate surface area is 133 Å². The molecule has 2 rings (SSSR count). The Morgan fingerprint density at radius 3 is 2.35 bits per heavy atom. The van der Waals surface area contributed by atoms with Crippen LogP contribution < -0.4 is 5.32 Å². The third-order valence-electron chi connectivity index (χ3n) is 3.57. The van der Waals surface area contributed by atoms with Gasteiger partial charge in [0.1, 0.15) is 5.60 Å². The van der Waals surface area contributed by atoms with E-state index in [0.717, 1.165) is 5.56 Å². The summed E-state index contributed by atoms with van der Waals surface area (Å²) in [5, 5.41) is 23.6. The first-order valence-electron chi connectivity index (χ1n) is 7.21. The second kappa shape index (κ2) is 7.02. The number of aliphatic hydroxyl groups is 1. The lowest BCUT2D eigenvalue weighted by molar-refractivity contribution is -0.384. The van der Waals surface area contributed by atoms with Crippen LogP contribution in [0.4, 0.5) is 11.4 Å². The van der Waals surface area contributed by atoms with Gasteiger partial charge in [0.05, 0.1) is 4.92 Å². The van der Waals surface area contributed by atoms with Gasteiger partial charge in [-0.05, 0) is 37.5 Å². The summed E-state index contributed by atoms with van der Waals surface area (Å²) in [6.07, 6.45) is 0.649. The second-order valence-electron chi connectivity index (χ2n) is 5.52. The van der Waals surface area contributed by atoms with Gasteiger partial charge in [-0.2, -0.15) is 0 Å². The maximum absolute atomic E-state index is 12.1. The first-order valence-corrected chi connectivity index (χ1v) is 7.21. The molecule has 1 atom stereocenters. The highest BCUT2D eigenvalue weighted by Gasteiger charge is 2.29. The summed E-state index contributed by atoms with van der Waals surface area (Å²) >= 11 is 0. The van der Waals surface area contributed by atoms with E-state index in [1.165, 1.54) is 19.1 Å². The van der Waals surface area contributed by atoms with Gasteiger partial charge in [0, 0.05) is 17.8 Å². The topological polar surface area (TPSA) is 92.5 Å². The van der Waals surface area contributed by atoms with Crippen molar-refractivity contribution in [3.05, 3.63) is 70.3 Å². The summed E-state index contributed by atoms with van der Waals surface area (Å²) in [6, 6.07) is 15.0. The number of benzene rings is 2. The standard InChI is InChI=1S/C17H18N2O4/c1-17(21,16(20)18-14-5-3-2-4-6-14)12-11-13-7-9-15(10-8-13)19(22)23/h2-10,21H,11-12H2,1H3,(H,18,20)/t17-/m0/s1. The van der Waals surface area contributed by atoms with Crippen molar-refractivity contribution in [2.75, 3.05) is 5.32 Å². The zero-order valence-corrected chi connectivity index (χ0v) is 12.7. The Balaban J connectivity index is 1.95. The molecular weight excluding hydrogens is 296 g/mol. The lowest BCUT2D eigenvalue weighted by Crippen LogP contribution is -2.40. The Kier molecular flexibility index (Phi) is 5.08. The van der Waals surface area contributed by atoms with Crippen molar-refractivity contribution in [1.29, 1.82) is 0 Å². The van der Waals surface area contributed by atoms with E-state index in [0.29, 0.717) is 12.1 Å². The molecule has 0 unspecified atom stereocenters. The molecule has 0 aromatic heterocycles. The van der Waals surface area contributed by atoms with Crippen LogP contribution in [-0.4, -0.2) is 21.5 Å². The molecule has 6 nitrogen and oxygen atoms in total. The molecule has 0 radical (unpaired) electrons. The number of hydrogen-bond donors (Lipinski definition) is 2. The fourth-order valence-corrected chi connectivity index (χ4v) is 2.07. The van der Waals surface area contributed by atoms with Gasteiger partial charge in [0.2, 0.25) is 0 Å². The van der Waals surface area contributed by atoms with Crippen molar-refractivity contribution in [1.82, 2.24) is 0 Å². The van der Waals surface area contributed by atoms with Gasteiger partial charge in [0.15, 0.2) is 0 Å². The van der Waals surface area contributed by atoms with Crippen LogP contribution in [0.25, 0.3) is 0 Å². The fourth-order valence-electron chi connectivity index (χ4n) is 2.07. The van der Waals surface area contributed by atoms with Crippen molar-refractivity contribution in [3.63, 3.8) is 0 Å². The third-order valence-corrected chi connectivity index (χ3v) is 3.57. The number of carbonyl (C=O) groups is 1. The fraction of sp³-hybridized carbons (Fsp3) is 0.235. The Bertz CT molecular complexity index is 681. The first kappa shape index (κ1) is 16.6. The number of anilines is 1. The maximum atomic E-state index is 12.1. The third kappa shape index (κ3) is 4.62. The molecule has 0 saturated carbocycles. The molecule has 2 aromatic rings. The molecule has 6 heteroatoms. The summed E-state index contributed by atoms with van der Waals surface area (Å²) in [4.78, 5) is 22.3. The molecule has 0 aliphatic heterocycles. The number of para-hydroxylation sites is 1. The van der Waals surface area contributed by atoms with E-state index in [4.69, 9.17) is 0 Å². The van der Waals surface area contributed by atoms with Crippen molar-refractivity contribution in [2.45, 2.75) is 25.4 Å². The van der Waals surface area contributed by atoms with Crippen LogP contribution in [0.15, 0.2) is 54.6 Å². The van der Waals surface area contributed by atoms with Gasteiger partial charge >= 0.3 is 0 Å². The number of amides is 1. The van der Waals surface area contributed by atoms with E-state index >= 15 is 0 Å². The molecular formula is C17H18N2O4. The van der Waals surface area contributed by atoms with Gasteiger partial charge in [0.25, 0.3) is 11.6 Å². The van der Waals surface area contributed by atoms with Gasteiger partial charge in [-0.3, -0.25) is 14.9 Å². The highest BCUT2D eigenvalue weighted by molar-refractivity contribution is 5.96. The minimum atomic E-state index is -1.53. The highest BCUT2D eigenvalue weighted by Crippen LogP contribution is 2.19. The van der Waals surface area contributed by atoms with Crippen molar-refractivity contribution >= 4 is 17.3 Å². The molecule has 0 saturated heterocycles. The molecule has 0 aliphatic rings. The molecule has 2 aromatic carbocycles. The molecule has 2 N–H and O–H groups in total. The smallest absolute Gasteiger partial charge is 0.269 e. The number of aryl methyl sites for hydroxylation is 1. The molecule has 0 heterocycles. The summed E-state index contributed by atoms with van der Waals surface area (Å²) < 4.78 is 0. The summed E-state index contributed by atoms with van der Waals surface area (Å²) in [5.41, 5.74) is -0.0729. The second-order valence-corrected chi connectivity index (χ2v) is 5.52. The van der Waals surface area contributed by atoms with Crippen molar-refractivity contribution in [3.8, 4) is 0 Å². The average molecular weight is 314 g/mol. The van der Waals surface area contributed by atoms with Crippen LogP contribution in [0, 0.1) is 10.1 Å². The van der Waals surface area contributed by atoms with E-state index in [1.54, 1.807) is 36.4 Å². The number of nitro groups is 1. The van der Waals surface area contributed by atoms with E-state index in [9.17, 15) is 20.0 Å². The van der Waals surface area contributed by atoms with Gasteiger partial charge < -0.3 is 10.4 Å². The predicted octanol–water partition coefficient (Wildman–Crippen LogP) is 2.92. The highest BCUT2D eigenvalue weighted by atomic mass is 16.6. The van der Waals surface area contributed by atoms with E-state index in [2.05, 4.69) is 5.32 Å². The molecule has 23 heavy (non-hydrogen) atoms. The van der Waals surface area contributed by atoms with E-state index < -0.39 is 16.4 Å². The first-order chi connectivity index (χ1) is 10.9. The summed E-state index contributed by atoms with van der Waals surface area (Å²) in [5.74, 6) is -0.481. The van der Waals surface area contributed by atoms with E-state index in [-0.39, 0.29) is 12.1 Å². The lowest BCUT2D eigenvalue weighted by Gasteiger charge is -2.22. The monoisotopic (exact) mass is 314 g/mol. The van der Waals surface area contributed by atoms with Crippen LogP contribution in [0.2, 0.25) is 0 Å². The minimum absolute atomic E-state index is 0.0160. The number of nitrogens with one attached hydrogen (secondary N) is 1. The number of nitro benzene ring substituents is 1. The SMILES string of the molecule is C[C@](O)(CCc1ccc([N+](=O)[O-])cc1)C(=O)Nc1ccccc1. The zero-order chi connectivity index (χ0) is 16.9. The Morgan fingerprint density at radius 2 is 1.78 bits per heavy atom. The summed E-state index contributed by atoms with van der Waals surface area (Å²) in [7, 11) is 0. The Hall–Kier alpha value is -2.73. The van der Waals surface area contributed by atoms with Crippen LogP contribution >= 0.6 is 0 Å². The largest absolute Gasteiger partial charge is 0.380 e. The molecule has 120 valence electrons. The van der Waals surface area contributed by atoms with Crippen LogP contribution in [0.5, 0.6) is 0 Å². The molecule has 0 aliphatic carbocycles. The number of non-ortho nitro benzene ring substituents is 1. The van der Waals surface area contributed by atoms with Gasteiger partial charge in [-0.15, -0.1) is 0 Å². The van der Waals surface area contributed by atoms with Gasteiger partial charge in [-0.25, -0.2) is 0 Å². The number of nitrogens with zero attached hydrogens (tertiary/aromatic N) is 1. The maximum Gasteiger partial charge on any atom is 0.269 e. The number of carbonyl (C=O) groups excluding carboxylic acids is 1. The number of hydrogen-bond acceptors (Lipinski definition) is 4.